The van der Waals surface area contributed by atoms with Crippen LogP contribution in [0.3, 0.4) is 0 Å². The van der Waals surface area contributed by atoms with Gasteiger partial charge in [0.1, 0.15) is 18.1 Å². The molecule has 0 aromatic heterocycles. The number of ether oxygens (including phenoxy) is 1. The van der Waals surface area contributed by atoms with Gasteiger partial charge >= 0.3 is 0 Å². The zero-order valence-corrected chi connectivity index (χ0v) is 25.3. The first-order chi connectivity index (χ1) is 17.9. The number of nitriles is 2. The predicted octanol–water partition coefficient (Wildman–Crippen LogP) is 8.86. The zero-order valence-electron chi connectivity index (χ0n) is 25.3. The molecule has 0 atom stereocenters. The fourth-order valence-corrected chi connectivity index (χ4v) is 3.97. The van der Waals surface area contributed by atoms with Gasteiger partial charge in [0.2, 0.25) is 0 Å². The molecule has 0 fully saturated rings. The van der Waals surface area contributed by atoms with Crippen LogP contribution in [-0.4, -0.2) is 5.11 Å². The SMILES string of the molecule is CC(C)(C)c1ccc(O)c(C(C)(C)C#N)c1.CC(C)(C)c1ccc(OCc2ccccc2)c(C(C)(C)C#N)c1. The number of benzene rings is 3. The second-order valence-electron chi connectivity index (χ2n) is 13.2. The molecule has 0 heterocycles. The fraction of sp³-hybridized carbons (Fsp3) is 0.429. The molecule has 1 N–H and O–H groups in total. The van der Waals surface area contributed by atoms with Crippen LogP contribution in [0.5, 0.6) is 11.5 Å². The van der Waals surface area contributed by atoms with Gasteiger partial charge in [-0.2, -0.15) is 10.5 Å². The molecule has 0 radical (unpaired) electrons. The lowest BCUT2D eigenvalue weighted by molar-refractivity contribution is 0.299. The number of phenolic OH excluding ortho intramolecular Hbond substituents is 1. The van der Waals surface area contributed by atoms with Crippen LogP contribution < -0.4 is 4.74 Å². The fourth-order valence-electron chi connectivity index (χ4n) is 3.97. The van der Waals surface area contributed by atoms with Crippen molar-refractivity contribution >= 4 is 0 Å². The maximum Gasteiger partial charge on any atom is 0.124 e. The van der Waals surface area contributed by atoms with Gasteiger partial charge in [0, 0.05) is 11.1 Å². The summed E-state index contributed by atoms with van der Waals surface area (Å²) in [5.74, 6) is 0.980. The smallest absolute Gasteiger partial charge is 0.124 e. The standard InChI is InChI=1S/C21H25NO.C14H19NO/c1-20(2,3)17-11-12-19(18(13-17)21(4,5)15-22)23-14-16-9-7-6-8-10-16;1-13(2,3)10-6-7-12(16)11(8-10)14(4,5)9-15/h6-13H,14H2,1-5H3;6-8,16H,1-5H3. The van der Waals surface area contributed by atoms with E-state index in [9.17, 15) is 10.4 Å². The molecule has 3 aromatic carbocycles. The Hall–Kier alpha value is -3.76. The molecule has 0 spiro atoms. The number of aromatic hydroxyl groups is 1. The van der Waals surface area contributed by atoms with E-state index in [1.165, 1.54) is 5.56 Å². The average Bonchev–Trinajstić information content (AvgIpc) is 2.87. The van der Waals surface area contributed by atoms with Crippen molar-refractivity contribution in [2.24, 2.45) is 0 Å². The Bertz CT molecular complexity index is 1340. The van der Waals surface area contributed by atoms with Gasteiger partial charge in [-0.05, 0) is 79.5 Å². The van der Waals surface area contributed by atoms with E-state index in [0.29, 0.717) is 12.2 Å². The van der Waals surface area contributed by atoms with Gasteiger partial charge in [-0.15, -0.1) is 0 Å². The Morgan fingerprint density at radius 1 is 0.641 bits per heavy atom. The molecular formula is C35H44N2O2. The molecule has 206 valence electrons. The van der Waals surface area contributed by atoms with E-state index in [0.717, 1.165) is 22.4 Å². The van der Waals surface area contributed by atoms with E-state index in [1.54, 1.807) is 6.07 Å². The first-order valence-electron chi connectivity index (χ1n) is 13.4. The van der Waals surface area contributed by atoms with Crippen LogP contribution in [0.15, 0.2) is 66.7 Å². The van der Waals surface area contributed by atoms with Gasteiger partial charge in [-0.3, -0.25) is 0 Å². The van der Waals surface area contributed by atoms with Crippen LogP contribution >= 0.6 is 0 Å². The number of hydrogen-bond acceptors (Lipinski definition) is 4. The average molecular weight is 525 g/mol. The zero-order chi connectivity index (χ0) is 29.6. The Morgan fingerprint density at radius 2 is 1.10 bits per heavy atom. The Balaban J connectivity index is 0.000000293. The number of phenols is 1. The molecular weight excluding hydrogens is 480 g/mol. The van der Waals surface area contributed by atoms with E-state index in [2.05, 4.69) is 65.8 Å². The molecule has 4 nitrogen and oxygen atoms in total. The second kappa shape index (κ2) is 12.0. The molecule has 4 heteroatoms. The third-order valence-corrected chi connectivity index (χ3v) is 6.85. The topological polar surface area (TPSA) is 77.0 Å². The maximum absolute atomic E-state index is 9.82. The largest absolute Gasteiger partial charge is 0.508 e. The minimum absolute atomic E-state index is 0.0218. The van der Waals surface area contributed by atoms with Crippen molar-refractivity contribution in [2.75, 3.05) is 0 Å². The Labute approximate surface area is 235 Å². The van der Waals surface area contributed by atoms with Crippen molar-refractivity contribution < 1.29 is 9.84 Å². The molecule has 0 saturated heterocycles. The minimum Gasteiger partial charge on any atom is -0.508 e. The van der Waals surface area contributed by atoms with Crippen molar-refractivity contribution in [3.63, 3.8) is 0 Å². The van der Waals surface area contributed by atoms with Crippen LogP contribution in [0, 0.1) is 22.7 Å². The number of hydrogen-bond donors (Lipinski definition) is 1. The lowest BCUT2D eigenvalue weighted by atomic mass is 9.80. The quantitative estimate of drug-likeness (QED) is 0.361. The van der Waals surface area contributed by atoms with Gasteiger partial charge in [0.15, 0.2) is 0 Å². The second-order valence-corrected chi connectivity index (χ2v) is 13.2. The van der Waals surface area contributed by atoms with Gasteiger partial charge in [-0.25, -0.2) is 0 Å². The van der Waals surface area contributed by atoms with Crippen LogP contribution in [0.4, 0.5) is 0 Å². The van der Waals surface area contributed by atoms with Crippen molar-refractivity contribution in [3.8, 4) is 23.6 Å². The first-order valence-corrected chi connectivity index (χ1v) is 13.4. The summed E-state index contributed by atoms with van der Waals surface area (Å²) >= 11 is 0. The molecule has 3 rings (SSSR count). The summed E-state index contributed by atoms with van der Waals surface area (Å²) in [5, 5.41) is 28.5. The van der Waals surface area contributed by atoms with Crippen molar-refractivity contribution in [1.29, 1.82) is 10.5 Å². The van der Waals surface area contributed by atoms with E-state index >= 15 is 0 Å². The van der Waals surface area contributed by atoms with Crippen molar-refractivity contribution in [1.82, 2.24) is 0 Å². The normalized spacial score (nSPS) is 12.0. The monoisotopic (exact) mass is 524 g/mol. The molecule has 0 aliphatic heterocycles. The first kappa shape index (κ1) is 31.5. The van der Waals surface area contributed by atoms with Crippen molar-refractivity contribution in [2.45, 2.75) is 97.5 Å². The highest BCUT2D eigenvalue weighted by molar-refractivity contribution is 5.47. The summed E-state index contributed by atoms with van der Waals surface area (Å²) in [6, 6.07) is 26.4. The summed E-state index contributed by atoms with van der Waals surface area (Å²) in [4.78, 5) is 0. The lowest BCUT2D eigenvalue weighted by Crippen LogP contribution is -2.19. The summed E-state index contributed by atoms with van der Waals surface area (Å²) in [6.07, 6.45) is 0. The predicted molar refractivity (Wildman–Crippen MR) is 160 cm³/mol. The number of rotatable bonds is 5. The van der Waals surface area contributed by atoms with Gasteiger partial charge in [-0.1, -0.05) is 84.0 Å². The van der Waals surface area contributed by atoms with Crippen LogP contribution in [0.25, 0.3) is 0 Å². The number of nitrogens with zero attached hydrogens (tertiary/aromatic N) is 2. The lowest BCUT2D eigenvalue weighted by Gasteiger charge is -2.25. The van der Waals surface area contributed by atoms with Gasteiger partial charge in [0.25, 0.3) is 0 Å². The van der Waals surface area contributed by atoms with E-state index in [-0.39, 0.29) is 16.6 Å². The van der Waals surface area contributed by atoms with Gasteiger partial charge in [0.05, 0.1) is 23.0 Å². The molecule has 0 amide bonds. The van der Waals surface area contributed by atoms with Crippen LogP contribution in [0.1, 0.15) is 97.1 Å². The molecule has 0 bridgehead atoms. The van der Waals surface area contributed by atoms with E-state index < -0.39 is 10.8 Å². The molecule has 3 aromatic rings. The molecule has 39 heavy (non-hydrogen) atoms. The Kier molecular flexibility index (Phi) is 9.65. The molecule has 0 saturated carbocycles. The highest BCUT2D eigenvalue weighted by atomic mass is 16.5. The minimum atomic E-state index is -0.661. The molecule has 0 unspecified atom stereocenters. The summed E-state index contributed by atoms with van der Waals surface area (Å²) in [5.41, 5.74) is 3.91. The highest BCUT2D eigenvalue weighted by Crippen LogP contribution is 2.36. The summed E-state index contributed by atoms with van der Waals surface area (Å²) < 4.78 is 6.03. The van der Waals surface area contributed by atoms with Crippen LogP contribution in [-0.2, 0) is 28.3 Å². The molecule has 0 aliphatic carbocycles. The van der Waals surface area contributed by atoms with E-state index in [1.807, 2.05) is 76.2 Å². The van der Waals surface area contributed by atoms with E-state index in [4.69, 9.17) is 10.00 Å². The third kappa shape index (κ3) is 8.36. The summed E-state index contributed by atoms with van der Waals surface area (Å²) in [6.45, 7) is 20.9. The third-order valence-electron chi connectivity index (χ3n) is 6.85. The molecule has 0 aliphatic rings. The summed E-state index contributed by atoms with van der Waals surface area (Å²) in [7, 11) is 0. The highest BCUT2D eigenvalue weighted by Gasteiger charge is 2.27. The van der Waals surface area contributed by atoms with Crippen LogP contribution in [0.2, 0.25) is 0 Å². The maximum atomic E-state index is 9.82. The Morgan fingerprint density at radius 3 is 1.59 bits per heavy atom. The van der Waals surface area contributed by atoms with Crippen molar-refractivity contribution in [3.05, 3.63) is 94.5 Å². The van der Waals surface area contributed by atoms with Gasteiger partial charge < -0.3 is 9.84 Å².